The third-order valence-corrected chi connectivity index (χ3v) is 3.54. The Kier molecular flexibility index (Phi) is 5.87. The van der Waals surface area contributed by atoms with Gasteiger partial charge in [0.2, 0.25) is 0 Å². The average Bonchev–Trinajstić information content (AvgIpc) is 2.10. The molecule has 0 amide bonds. The van der Waals surface area contributed by atoms with Crippen LogP contribution in [0.2, 0.25) is 0 Å². The van der Waals surface area contributed by atoms with Crippen LogP contribution >= 0.6 is 0 Å². The summed E-state index contributed by atoms with van der Waals surface area (Å²) in [6.45, 7) is 13.2. The summed E-state index contributed by atoms with van der Waals surface area (Å²) in [5.41, 5.74) is 0.521. The zero-order valence-electron chi connectivity index (χ0n) is 11.6. The summed E-state index contributed by atoms with van der Waals surface area (Å²) >= 11 is 0. The van der Waals surface area contributed by atoms with E-state index in [1.54, 1.807) is 0 Å². The number of aliphatic hydroxyl groups excluding tert-OH is 1. The van der Waals surface area contributed by atoms with Crippen LogP contribution in [0.4, 0.5) is 0 Å². The van der Waals surface area contributed by atoms with E-state index >= 15 is 0 Å². The second kappa shape index (κ2) is 5.89. The minimum atomic E-state index is -0.151. The van der Waals surface area contributed by atoms with Crippen LogP contribution in [0.1, 0.15) is 73.6 Å². The van der Waals surface area contributed by atoms with Crippen LogP contribution < -0.4 is 0 Å². The highest BCUT2D eigenvalue weighted by atomic mass is 16.3. The SMILES string of the molecule is CCC(C)(C)CCCCC(O)C(C)(C)C. The average molecular weight is 214 g/mol. The van der Waals surface area contributed by atoms with Gasteiger partial charge < -0.3 is 5.11 Å². The van der Waals surface area contributed by atoms with Crippen LogP contribution in [-0.2, 0) is 0 Å². The van der Waals surface area contributed by atoms with Crippen molar-refractivity contribution in [1.29, 1.82) is 0 Å². The minimum Gasteiger partial charge on any atom is -0.393 e. The lowest BCUT2D eigenvalue weighted by molar-refractivity contribution is 0.0526. The van der Waals surface area contributed by atoms with Gasteiger partial charge in [-0.1, -0.05) is 60.8 Å². The van der Waals surface area contributed by atoms with Crippen LogP contribution in [0.25, 0.3) is 0 Å². The van der Waals surface area contributed by atoms with Crippen LogP contribution in [0, 0.1) is 10.8 Å². The summed E-state index contributed by atoms with van der Waals surface area (Å²) in [6, 6.07) is 0. The maximum absolute atomic E-state index is 9.87. The first kappa shape index (κ1) is 15.0. The molecule has 0 aromatic rings. The number of hydrogen-bond donors (Lipinski definition) is 1. The van der Waals surface area contributed by atoms with E-state index in [1.807, 2.05) is 0 Å². The molecule has 0 aromatic carbocycles. The molecule has 1 N–H and O–H groups in total. The fraction of sp³-hybridized carbons (Fsp3) is 1.00. The van der Waals surface area contributed by atoms with Crippen LogP contribution in [0.15, 0.2) is 0 Å². The maximum Gasteiger partial charge on any atom is 0.0588 e. The van der Waals surface area contributed by atoms with Gasteiger partial charge in [0.15, 0.2) is 0 Å². The van der Waals surface area contributed by atoms with Crippen LogP contribution in [-0.4, -0.2) is 11.2 Å². The van der Waals surface area contributed by atoms with Crippen molar-refractivity contribution in [2.75, 3.05) is 0 Å². The van der Waals surface area contributed by atoms with E-state index in [4.69, 9.17) is 0 Å². The second-order valence-corrected chi connectivity index (χ2v) is 6.65. The van der Waals surface area contributed by atoms with Gasteiger partial charge in [-0.3, -0.25) is 0 Å². The minimum absolute atomic E-state index is 0.0419. The van der Waals surface area contributed by atoms with Crippen LogP contribution in [0.3, 0.4) is 0 Å². The predicted octanol–water partition coefficient (Wildman–Crippen LogP) is 4.39. The molecule has 1 heteroatoms. The van der Waals surface area contributed by atoms with E-state index in [0.29, 0.717) is 5.41 Å². The first-order valence-corrected chi connectivity index (χ1v) is 6.37. The normalized spacial score (nSPS) is 15.4. The van der Waals surface area contributed by atoms with E-state index in [2.05, 4.69) is 41.5 Å². The first-order chi connectivity index (χ1) is 6.69. The standard InChI is InChI=1S/C14H30O/c1-7-14(5,6)11-9-8-10-12(15)13(2,3)4/h12,15H,7-11H2,1-6H3. The van der Waals surface area contributed by atoms with Gasteiger partial charge in [0.25, 0.3) is 0 Å². The Balaban J connectivity index is 3.64. The molecule has 0 spiro atoms. The summed E-state index contributed by atoms with van der Waals surface area (Å²) in [5.74, 6) is 0. The van der Waals surface area contributed by atoms with Gasteiger partial charge in [0.05, 0.1) is 6.10 Å². The zero-order valence-corrected chi connectivity index (χ0v) is 11.6. The molecule has 0 heterocycles. The van der Waals surface area contributed by atoms with Crippen molar-refractivity contribution in [2.45, 2.75) is 79.8 Å². The molecule has 0 radical (unpaired) electrons. The zero-order chi connectivity index (χ0) is 12.1. The molecular formula is C14H30O. The van der Waals surface area contributed by atoms with Crippen molar-refractivity contribution in [3.05, 3.63) is 0 Å². The van der Waals surface area contributed by atoms with E-state index in [1.165, 1.54) is 19.3 Å². The molecule has 0 rings (SSSR count). The maximum atomic E-state index is 9.87. The third-order valence-electron chi connectivity index (χ3n) is 3.54. The monoisotopic (exact) mass is 214 g/mol. The molecule has 92 valence electrons. The molecule has 1 nitrogen and oxygen atoms in total. The smallest absolute Gasteiger partial charge is 0.0588 e. The molecule has 0 aliphatic heterocycles. The van der Waals surface area contributed by atoms with Crippen molar-refractivity contribution in [3.63, 3.8) is 0 Å². The molecule has 1 unspecified atom stereocenters. The summed E-state index contributed by atoms with van der Waals surface area (Å²) in [6.07, 6.45) is 5.72. The van der Waals surface area contributed by atoms with E-state index in [9.17, 15) is 5.11 Å². The highest BCUT2D eigenvalue weighted by Crippen LogP contribution is 2.29. The van der Waals surface area contributed by atoms with E-state index in [-0.39, 0.29) is 11.5 Å². The van der Waals surface area contributed by atoms with Gasteiger partial charge in [0, 0.05) is 0 Å². The Bertz CT molecular complexity index is 165. The highest BCUT2D eigenvalue weighted by molar-refractivity contribution is 4.73. The van der Waals surface area contributed by atoms with Crippen molar-refractivity contribution in [1.82, 2.24) is 0 Å². The molecule has 0 aliphatic carbocycles. The lowest BCUT2D eigenvalue weighted by Gasteiger charge is -2.27. The topological polar surface area (TPSA) is 20.2 Å². The third kappa shape index (κ3) is 6.94. The highest BCUT2D eigenvalue weighted by Gasteiger charge is 2.21. The number of unbranched alkanes of at least 4 members (excludes halogenated alkanes) is 1. The Morgan fingerprint density at radius 3 is 1.93 bits per heavy atom. The molecule has 0 fully saturated rings. The largest absolute Gasteiger partial charge is 0.393 e. The van der Waals surface area contributed by atoms with Gasteiger partial charge in [-0.15, -0.1) is 0 Å². The second-order valence-electron chi connectivity index (χ2n) is 6.65. The lowest BCUT2D eigenvalue weighted by Crippen LogP contribution is -2.25. The fourth-order valence-corrected chi connectivity index (χ4v) is 1.55. The molecule has 0 aromatic heterocycles. The van der Waals surface area contributed by atoms with Gasteiger partial charge in [0.1, 0.15) is 0 Å². The van der Waals surface area contributed by atoms with Gasteiger partial charge in [-0.05, 0) is 23.7 Å². The van der Waals surface area contributed by atoms with Crippen molar-refractivity contribution >= 4 is 0 Å². The number of aliphatic hydroxyl groups is 1. The molecule has 0 saturated carbocycles. The van der Waals surface area contributed by atoms with E-state index < -0.39 is 0 Å². The fourth-order valence-electron chi connectivity index (χ4n) is 1.55. The summed E-state index contributed by atoms with van der Waals surface area (Å²) in [4.78, 5) is 0. The van der Waals surface area contributed by atoms with Crippen molar-refractivity contribution in [2.24, 2.45) is 10.8 Å². The first-order valence-electron chi connectivity index (χ1n) is 6.37. The number of rotatable bonds is 6. The molecule has 0 saturated heterocycles. The Labute approximate surface area is 96.3 Å². The predicted molar refractivity (Wildman–Crippen MR) is 68.0 cm³/mol. The number of hydrogen-bond acceptors (Lipinski definition) is 1. The Hall–Kier alpha value is -0.0400. The molecule has 0 bridgehead atoms. The molecule has 1 atom stereocenters. The van der Waals surface area contributed by atoms with Gasteiger partial charge in [-0.25, -0.2) is 0 Å². The van der Waals surface area contributed by atoms with Gasteiger partial charge in [-0.2, -0.15) is 0 Å². The quantitative estimate of drug-likeness (QED) is 0.650. The molecule has 15 heavy (non-hydrogen) atoms. The summed E-state index contributed by atoms with van der Waals surface area (Å²) in [5, 5.41) is 9.87. The Morgan fingerprint density at radius 2 is 1.53 bits per heavy atom. The van der Waals surface area contributed by atoms with Crippen molar-refractivity contribution in [3.8, 4) is 0 Å². The molecular weight excluding hydrogens is 184 g/mol. The Morgan fingerprint density at radius 1 is 1.00 bits per heavy atom. The van der Waals surface area contributed by atoms with Crippen molar-refractivity contribution < 1.29 is 5.11 Å². The van der Waals surface area contributed by atoms with E-state index in [0.717, 1.165) is 12.8 Å². The van der Waals surface area contributed by atoms with Crippen LogP contribution in [0.5, 0.6) is 0 Å². The summed E-state index contributed by atoms with van der Waals surface area (Å²) < 4.78 is 0. The molecule has 0 aliphatic rings. The lowest BCUT2D eigenvalue weighted by atomic mass is 9.82. The summed E-state index contributed by atoms with van der Waals surface area (Å²) in [7, 11) is 0. The van der Waals surface area contributed by atoms with Gasteiger partial charge >= 0.3 is 0 Å².